The average Bonchev–Trinajstić information content (AvgIpc) is 2.58. The van der Waals surface area contributed by atoms with E-state index >= 15 is 0 Å². The summed E-state index contributed by atoms with van der Waals surface area (Å²) in [7, 11) is -3.68. The lowest BCUT2D eigenvalue weighted by molar-refractivity contribution is -0.114. The highest BCUT2D eigenvalue weighted by atomic mass is 32.2. The standard InChI is InChI=1S/C20H24N2O5S/c1-20(2,3)15-7-11-17(12-8-15)22(28(4,26)27)13-18(23)21-16-9-5-14(6-10-16)19(24)25/h5-12H,13H2,1-4H3,(H,21,23)(H,24,25). The van der Waals surface area contributed by atoms with Crippen LogP contribution in [-0.2, 0) is 20.2 Å². The molecule has 8 heteroatoms. The number of rotatable bonds is 6. The molecule has 0 unspecified atom stereocenters. The van der Waals surface area contributed by atoms with Crippen molar-refractivity contribution in [2.75, 3.05) is 22.4 Å². The van der Waals surface area contributed by atoms with Crippen LogP contribution in [0.15, 0.2) is 48.5 Å². The van der Waals surface area contributed by atoms with Crippen molar-refractivity contribution in [1.29, 1.82) is 0 Å². The molecule has 0 bridgehead atoms. The van der Waals surface area contributed by atoms with Crippen molar-refractivity contribution in [3.63, 3.8) is 0 Å². The predicted octanol–water partition coefficient (Wildman–Crippen LogP) is 3.09. The number of hydrogen-bond donors (Lipinski definition) is 2. The number of anilines is 2. The van der Waals surface area contributed by atoms with Crippen molar-refractivity contribution in [3.8, 4) is 0 Å². The van der Waals surface area contributed by atoms with E-state index in [0.29, 0.717) is 11.4 Å². The quantitative estimate of drug-likeness (QED) is 0.770. The summed E-state index contributed by atoms with van der Waals surface area (Å²) in [5.41, 5.74) is 1.84. The zero-order valence-electron chi connectivity index (χ0n) is 16.3. The first-order valence-corrected chi connectivity index (χ1v) is 10.4. The second kappa shape index (κ2) is 8.02. The third kappa shape index (κ3) is 5.56. The Labute approximate surface area is 165 Å². The van der Waals surface area contributed by atoms with Gasteiger partial charge in [-0.05, 0) is 47.4 Å². The molecular weight excluding hydrogens is 380 g/mol. The second-order valence-electron chi connectivity index (χ2n) is 7.50. The highest BCUT2D eigenvalue weighted by molar-refractivity contribution is 7.92. The van der Waals surface area contributed by atoms with E-state index in [2.05, 4.69) is 26.1 Å². The number of hydrogen-bond acceptors (Lipinski definition) is 4. The zero-order valence-corrected chi connectivity index (χ0v) is 17.1. The summed E-state index contributed by atoms with van der Waals surface area (Å²) < 4.78 is 25.4. The van der Waals surface area contributed by atoms with E-state index < -0.39 is 28.4 Å². The molecule has 0 aliphatic heterocycles. The molecule has 2 aromatic rings. The van der Waals surface area contributed by atoms with Gasteiger partial charge in [-0.3, -0.25) is 9.10 Å². The minimum Gasteiger partial charge on any atom is -0.478 e. The normalized spacial score (nSPS) is 11.7. The van der Waals surface area contributed by atoms with Crippen LogP contribution in [0.5, 0.6) is 0 Å². The van der Waals surface area contributed by atoms with Gasteiger partial charge in [0.25, 0.3) is 0 Å². The van der Waals surface area contributed by atoms with Crippen molar-refractivity contribution in [2.45, 2.75) is 26.2 Å². The molecule has 2 N–H and O–H groups in total. The van der Waals surface area contributed by atoms with Gasteiger partial charge < -0.3 is 10.4 Å². The molecule has 0 aliphatic rings. The van der Waals surface area contributed by atoms with E-state index in [1.165, 1.54) is 24.3 Å². The first kappa shape index (κ1) is 21.4. The summed E-state index contributed by atoms with van der Waals surface area (Å²) in [6, 6.07) is 12.7. The van der Waals surface area contributed by atoms with Crippen molar-refractivity contribution >= 4 is 33.3 Å². The van der Waals surface area contributed by atoms with Crippen molar-refractivity contribution < 1.29 is 23.1 Å². The molecule has 0 fully saturated rings. The molecule has 0 heterocycles. The summed E-state index contributed by atoms with van der Waals surface area (Å²) in [6.07, 6.45) is 1.04. The smallest absolute Gasteiger partial charge is 0.335 e. The van der Waals surface area contributed by atoms with E-state index in [1.807, 2.05) is 12.1 Å². The minimum atomic E-state index is -3.68. The molecule has 1 amide bonds. The number of carboxylic acid groups (broad SMARTS) is 1. The topological polar surface area (TPSA) is 104 Å². The minimum absolute atomic E-state index is 0.0755. The molecule has 0 spiro atoms. The number of nitrogens with one attached hydrogen (secondary N) is 1. The largest absolute Gasteiger partial charge is 0.478 e. The fraction of sp³-hybridized carbons (Fsp3) is 0.300. The van der Waals surface area contributed by atoms with Crippen LogP contribution in [0.25, 0.3) is 0 Å². The van der Waals surface area contributed by atoms with Gasteiger partial charge in [-0.1, -0.05) is 32.9 Å². The number of aromatic carboxylic acids is 1. The molecule has 0 aromatic heterocycles. The van der Waals surface area contributed by atoms with Crippen LogP contribution in [0.2, 0.25) is 0 Å². The van der Waals surface area contributed by atoms with Crippen molar-refractivity contribution in [3.05, 3.63) is 59.7 Å². The van der Waals surface area contributed by atoms with Crippen LogP contribution in [0.4, 0.5) is 11.4 Å². The number of sulfonamides is 1. The van der Waals surface area contributed by atoms with Crippen molar-refractivity contribution in [1.82, 2.24) is 0 Å². The average molecular weight is 404 g/mol. The molecule has 28 heavy (non-hydrogen) atoms. The molecule has 150 valence electrons. The van der Waals surface area contributed by atoms with Crippen molar-refractivity contribution in [2.24, 2.45) is 0 Å². The van der Waals surface area contributed by atoms with Crippen LogP contribution in [0.1, 0.15) is 36.7 Å². The predicted molar refractivity (Wildman–Crippen MR) is 109 cm³/mol. The third-order valence-electron chi connectivity index (χ3n) is 4.12. The molecule has 0 aliphatic carbocycles. The number of carbonyl (C=O) groups is 2. The van der Waals surface area contributed by atoms with Gasteiger partial charge in [-0.25, -0.2) is 13.2 Å². The van der Waals surface area contributed by atoms with E-state index in [9.17, 15) is 18.0 Å². The van der Waals surface area contributed by atoms with Gasteiger partial charge in [0.05, 0.1) is 17.5 Å². The Balaban J connectivity index is 2.18. The van der Waals surface area contributed by atoms with Gasteiger partial charge in [0.15, 0.2) is 0 Å². The van der Waals surface area contributed by atoms with Gasteiger partial charge in [0.1, 0.15) is 6.54 Å². The Morgan fingerprint density at radius 1 is 1.00 bits per heavy atom. The third-order valence-corrected chi connectivity index (χ3v) is 5.27. The fourth-order valence-corrected chi connectivity index (χ4v) is 3.41. The summed E-state index contributed by atoms with van der Waals surface area (Å²) >= 11 is 0. The van der Waals surface area contributed by atoms with Gasteiger partial charge in [-0.15, -0.1) is 0 Å². The van der Waals surface area contributed by atoms with Gasteiger partial charge in [0, 0.05) is 5.69 Å². The van der Waals surface area contributed by atoms with E-state index in [1.54, 1.807) is 12.1 Å². The Morgan fingerprint density at radius 3 is 1.96 bits per heavy atom. The summed E-state index contributed by atoms with van der Waals surface area (Å²) in [4.78, 5) is 23.2. The molecule has 2 rings (SSSR count). The second-order valence-corrected chi connectivity index (χ2v) is 9.40. The number of nitrogens with zero attached hydrogens (tertiary/aromatic N) is 1. The summed E-state index contributed by atoms with van der Waals surface area (Å²) in [5, 5.41) is 11.5. The maximum absolute atomic E-state index is 12.4. The summed E-state index contributed by atoms with van der Waals surface area (Å²) in [6.45, 7) is 5.77. The molecular formula is C20H24N2O5S. The van der Waals surface area contributed by atoms with Crippen LogP contribution in [0, 0.1) is 0 Å². The highest BCUT2D eigenvalue weighted by Crippen LogP contribution is 2.26. The molecule has 7 nitrogen and oxygen atoms in total. The molecule has 0 saturated heterocycles. The Bertz CT molecular complexity index is 959. The SMILES string of the molecule is CC(C)(C)c1ccc(N(CC(=O)Nc2ccc(C(=O)O)cc2)S(C)(=O)=O)cc1. The van der Waals surface area contributed by atoms with Crippen LogP contribution in [-0.4, -0.2) is 38.2 Å². The van der Waals surface area contributed by atoms with Gasteiger partial charge in [0.2, 0.25) is 15.9 Å². The van der Waals surface area contributed by atoms with Crippen LogP contribution >= 0.6 is 0 Å². The lowest BCUT2D eigenvalue weighted by atomic mass is 9.87. The van der Waals surface area contributed by atoms with E-state index in [0.717, 1.165) is 16.1 Å². The van der Waals surface area contributed by atoms with Crippen LogP contribution in [0.3, 0.4) is 0 Å². The lowest BCUT2D eigenvalue weighted by Crippen LogP contribution is -2.37. The van der Waals surface area contributed by atoms with E-state index in [-0.39, 0.29) is 11.0 Å². The number of carboxylic acids is 1. The van der Waals surface area contributed by atoms with E-state index in [4.69, 9.17) is 5.11 Å². The first-order valence-electron chi connectivity index (χ1n) is 8.59. The zero-order chi connectivity index (χ0) is 21.1. The monoisotopic (exact) mass is 404 g/mol. The maximum atomic E-state index is 12.4. The number of benzene rings is 2. The fourth-order valence-electron chi connectivity index (χ4n) is 2.55. The molecule has 0 atom stereocenters. The Kier molecular flexibility index (Phi) is 6.14. The van der Waals surface area contributed by atoms with Crippen LogP contribution < -0.4 is 9.62 Å². The maximum Gasteiger partial charge on any atom is 0.335 e. The molecule has 2 aromatic carbocycles. The lowest BCUT2D eigenvalue weighted by Gasteiger charge is -2.24. The summed E-state index contributed by atoms with van der Waals surface area (Å²) in [5.74, 6) is -1.60. The first-order chi connectivity index (χ1) is 12.9. The molecule has 0 radical (unpaired) electrons. The Morgan fingerprint density at radius 2 is 1.54 bits per heavy atom. The molecule has 0 saturated carbocycles. The number of amides is 1. The van der Waals surface area contributed by atoms with Gasteiger partial charge in [-0.2, -0.15) is 0 Å². The highest BCUT2D eigenvalue weighted by Gasteiger charge is 2.22. The number of carbonyl (C=O) groups excluding carboxylic acids is 1. The Hall–Kier alpha value is -2.87. The van der Waals surface area contributed by atoms with Gasteiger partial charge >= 0.3 is 5.97 Å².